The third-order valence-corrected chi connectivity index (χ3v) is 2.26. The molecule has 0 aliphatic heterocycles. The number of hydrogen-bond acceptors (Lipinski definition) is 2. The van der Waals surface area contributed by atoms with E-state index < -0.39 is 6.10 Å². The molecule has 0 aliphatic rings. The van der Waals surface area contributed by atoms with Crippen molar-refractivity contribution in [2.75, 3.05) is 6.54 Å². The zero-order chi connectivity index (χ0) is 10.1. The monoisotopic (exact) mass is 194 g/mol. The maximum absolute atomic E-state index is 13.1. The quantitative estimate of drug-likeness (QED) is 0.674. The first-order valence-corrected chi connectivity index (χ1v) is 4.37. The number of hydrogen-bond donors (Lipinski definition) is 3. The first-order valence-electron chi connectivity index (χ1n) is 4.37. The van der Waals surface area contributed by atoms with Gasteiger partial charge in [-0.3, -0.25) is 0 Å². The molecule has 74 valence electrons. The van der Waals surface area contributed by atoms with E-state index in [1.54, 1.807) is 18.2 Å². The van der Waals surface area contributed by atoms with Gasteiger partial charge < -0.3 is 15.8 Å². The largest absolute Gasteiger partial charge is 0.387 e. The fourth-order valence-corrected chi connectivity index (χ4v) is 1.45. The molecule has 0 spiro atoms. The van der Waals surface area contributed by atoms with Gasteiger partial charge in [-0.25, -0.2) is 4.39 Å². The van der Waals surface area contributed by atoms with Crippen LogP contribution in [0.4, 0.5) is 4.39 Å². The first-order chi connectivity index (χ1) is 6.72. The molecule has 2 aromatic rings. The summed E-state index contributed by atoms with van der Waals surface area (Å²) in [5.74, 6) is -0.314. The van der Waals surface area contributed by atoms with Gasteiger partial charge in [-0.1, -0.05) is 6.07 Å². The van der Waals surface area contributed by atoms with Crippen molar-refractivity contribution >= 4 is 10.9 Å². The molecule has 0 amide bonds. The number of H-pyrrole nitrogens is 1. The van der Waals surface area contributed by atoms with Crippen LogP contribution in [0, 0.1) is 5.82 Å². The van der Waals surface area contributed by atoms with Crippen molar-refractivity contribution in [2.24, 2.45) is 5.73 Å². The number of aromatic amines is 1. The summed E-state index contributed by atoms with van der Waals surface area (Å²) >= 11 is 0. The van der Waals surface area contributed by atoms with Crippen LogP contribution in [0.1, 0.15) is 11.7 Å². The van der Waals surface area contributed by atoms with E-state index in [2.05, 4.69) is 4.98 Å². The van der Waals surface area contributed by atoms with Gasteiger partial charge in [-0.2, -0.15) is 0 Å². The van der Waals surface area contributed by atoms with Gasteiger partial charge in [0.2, 0.25) is 0 Å². The van der Waals surface area contributed by atoms with E-state index in [0.29, 0.717) is 10.9 Å². The normalized spacial score (nSPS) is 13.4. The zero-order valence-corrected chi connectivity index (χ0v) is 7.50. The summed E-state index contributed by atoms with van der Waals surface area (Å²) in [7, 11) is 0. The van der Waals surface area contributed by atoms with Crippen molar-refractivity contribution in [3.63, 3.8) is 0 Å². The Morgan fingerprint density at radius 2 is 2.29 bits per heavy atom. The number of aliphatic hydroxyl groups is 1. The molecular weight excluding hydrogens is 183 g/mol. The highest BCUT2D eigenvalue weighted by Crippen LogP contribution is 2.21. The smallest absolute Gasteiger partial charge is 0.148 e. The highest BCUT2D eigenvalue weighted by atomic mass is 19.1. The molecule has 1 heterocycles. The first kappa shape index (κ1) is 9.18. The molecule has 2 rings (SSSR count). The number of nitrogens with two attached hydrogens (primary N) is 1. The van der Waals surface area contributed by atoms with E-state index in [4.69, 9.17) is 5.73 Å². The van der Waals surface area contributed by atoms with Gasteiger partial charge in [-0.05, 0) is 17.7 Å². The molecule has 0 saturated carbocycles. The van der Waals surface area contributed by atoms with Crippen LogP contribution in [0.15, 0.2) is 24.4 Å². The van der Waals surface area contributed by atoms with Crippen LogP contribution >= 0.6 is 0 Å². The van der Waals surface area contributed by atoms with E-state index in [9.17, 15) is 9.50 Å². The number of nitrogens with one attached hydrogen (secondary N) is 1. The van der Waals surface area contributed by atoms with Crippen molar-refractivity contribution in [2.45, 2.75) is 6.10 Å². The minimum atomic E-state index is -0.728. The lowest BCUT2D eigenvalue weighted by atomic mass is 10.1. The Morgan fingerprint density at radius 3 is 3.00 bits per heavy atom. The lowest BCUT2D eigenvalue weighted by molar-refractivity contribution is 0.187. The standard InChI is InChI=1S/C10H11FN2O/c11-8-5-13-9-2-1-6(3-7(8)9)10(14)4-12/h1-3,5,10,13-14H,4,12H2/t10-/m0/s1. The molecule has 0 radical (unpaired) electrons. The SMILES string of the molecule is NC[C@H](O)c1ccc2[nH]cc(F)c2c1. The average molecular weight is 194 g/mol. The summed E-state index contributed by atoms with van der Waals surface area (Å²) in [5.41, 5.74) is 6.67. The highest BCUT2D eigenvalue weighted by Gasteiger charge is 2.08. The molecule has 4 N–H and O–H groups in total. The lowest BCUT2D eigenvalue weighted by Gasteiger charge is -2.07. The fraction of sp³-hybridized carbons (Fsp3) is 0.200. The van der Waals surface area contributed by atoms with Crippen molar-refractivity contribution < 1.29 is 9.50 Å². The van der Waals surface area contributed by atoms with E-state index >= 15 is 0 Å². The van der Waals surface area contributed by atoms with Gasteiger partial charge >= 0.3 is 0 Å². The summed E-state index contributed by atoms with van der Waals surface area (Å²) < 4.78 is 13.1. The Hall–Kier alpha value is -1.39. The number of rotatable bonds is 2. The molecule has 0 aliphatic carbocycles. The number of aliphatic hydroxyl groups excluding tert-OH is 1. The van der Waals surface area contributed by atoms with Crippen LogP contribution in [-0.2, 0) is 0 Å². The predicted molar refractivity (Wildman–Crippen MR) is 52.3 cm³/mol. The molecular formula is C10H11FN2O. The Balaban J connectivity index is 2.54. The number of halogens is 1. The van der Waals surface area contributed by atoms with Crippen molar-refractivity contribution in [1.82, 2.24) is 4.98 Å². The van der Waals surface area contributed by atoms with Crippen LogP contribution in [0.25, 0.3) is 10.9 Å². The van der Waals surface area contributed by atoms with Crippen LogP contribution in [0.2, 0.25) is 0 Å². The van der Waals surface area contributed by atoms with Crippen molar-refractivity contribution in [3.8, 4) is 0 Å². The van der Waals surface area contributed by atoms with Crippen LogP contribution in [0.3, 0.4) is 0 Å². The van der Waals surface area contributed by atoms with Gasteiger partial charge in [-0.15, -0.1) is 0 Å². The third-order valence-electron chi connectivity index (χ3n) is 2.26. The molecule has 0 unspecified atom stereocenters. The van der Waals surface area contributed by atoms with Gasteiger partial charge in [0.15, 0.2) is 0 Å². The maximum atomic E-state index is 13.1. The zero-order valence-electron chi connectivity index (χ0n) is 7.50. The second-order valence-electron chi connectivity index (χ2n) is 3.19. The van der Waals surface area contributed by atoms with E-state index in [-0.39, 0.29) is 12.4 Å². The van der Waals surface area contributed by atoms with E-state index in [1.807, 2.05) is 0 Å². The molecule has 1 aromatic carbocycles. The number of aromatic nitrogens is 1. The van der Waals surface area contributed by atoms with E-state index in [1.165, 1.54) is 6.20 Å². The predicted octanol–water partition coefficient (Wildman–Crippen LogP) is 1.30. The summed E-state index contributed by atoms with van der Waals surface area (Å²) in [4.78, 5) is 2.78. The summed E-state index contributed by atoms with van der Waals surface area (Å²) in [6.07, 6.45) is 0.567. The Labute approximate surface area is 80.4 Å². The minimum Gasteiger partial charge on any atom is -0.387 e. The minimum absolute atomic E-state index is 0.136. The maximum Gasteiger partial charge on any atom is 0.148 e. The van der Waals surface area contributed by atoms with Crippen LogP contribution in [-0.4, -0.2) is 16.6 Å². The van der Waals surface area contributed by atoms with Crippen LogP contribution in [0.5, 0.6) is 0 Å². The summed E-state index contributed by atoms with van der Waals surface area (Å²) in [6.45, 7) is 0.136. The topological polar surface area (TPSA) is 62.0 Å². The Kier molecular flexibility index (Phi) is 2.23. The van der Waals surface area contributed by atoms with Gasteiger partial charge in [0.05, 0.1) is 6.10 Å². The van der Waals surface area contributed by atoms with E-state index in [0.717, 1.165) is 5.52 Å². The average Bonchev–Trinajstić information content (AvgIpc) is 2.59. The molecule has 1 aromatic heterocycles. The van der Waals surface area contributed by atoms with Gasteiger partial charge in [0.25, 0.3) is 0 Å². The highest BCUT2D eigenvalue weighted by molar-refractivity contribution is 5.80. The van der Waals surface area contributed by atoms with Gasteiger partial charge in [0.1, 0.15) is 5.82 Å². The molecule has 1 atom stereocenters. The molecule has 0 saturated heterocycles. The second kappa shape index (κ2) is 3.40. The molecule has 4 heteroatoms. The Morgan fingerprint density at radius 1 is 1.50 bits per heavy atom. The van der Waals surface area contributed by atoms with Crippen molar-refractivity contribution in [1.29, 1.82) is 0 Å². The number of benzene rings is 1. The van der Waals surface area contributed by atoms with Crippen LogP contribution < -0.4 is 5.73 Å². The Bertz CT molecular complexity index is 452. The molecule has 0 bridgehead atoms. The summed E-state index contributed by atoms with van der Waals surface area (Å²) in [5, 5.41) is 9.94. The van der Waals surface area contributed by atoms with Crippen molar-refractivity contribution in [3.05, 3.63) is 35.8 Å². The molecule has 3 nitrogen and oxygen atoms in total. The summed E-state index contributed by atoms with van der Waals surface area (Å²) in [6, 6.07) is 5.07. The fourth-order valence-electron chi connectivity index (χ4n) is 1.45. The molecule has 14 heavy (non-hydrogen) atoms. The third kappa shape index (κ3) is 1.38. The van der Waals surface area contributed by atoms with Gasteiger partial charge in [0, 0.05) is 23.6 Å². The lowest BCUT2D eigenvalue weighted by Crippen LogP contribution is -2.11. The second-order valence-corrected chi connectivity index (χ2v) is 3.19. The number of fused-ring (bicyclic) bond motifs is 1. The molecule has 0 fully saturated rings.